The molecule has 1 N–H and O–H groups in total. The van der Waals surface area contributed by atoms with Crippen LogP contribution in [0.3, 0.4) is 0 Å². The number of carbonyl (C=O) groups excluding carboxylic acids is 2. The zero-order chi connectivity index (χ0) is 28.2. The maximum Gasteiger partial charge on any atom is 0.266 e. The molecule has 41 heavy (non-hydrogen) atoms. The molecular weight excluding hydrogens is 615 g/mol. The molecule has 2 fully saturated rings. The van der Waals surface area contributed by atoms with Gasteiger partial charge in [-0.2, -0.15) is 0 Å². The van der Waals surface area contributed by atoms with Gasteiger partial charge in [-0.1, -0.05) is 77.8 Å². The van der Waals surface area contributed by atoms with E-state index in [2.05, 4.69) is 26.6 Å². The molecule has 2 aliphatic rings. The van der Waals surface area contributed by atoms with Gasteiger partial charge in [0, 0.05) is 0 Å². The number of rotatable bonds is 9. The first-order valence-corrected chi connectivity index (χ1v) is 17.0. The van der Waals surface area contributed by atoms with Crippen molar-refractivity contribution < 1.29 is 14.3 Å². The number of thiazole rings is 1. The molecule has 4 aromatic rings. The second kappa shape index (κ2) is 13.0. The first kappa shape index (κ1) is 28.3. The summed E-state index contributed by atoms with van der Waals surface area (Å²) in [4.78, 5) is 32.2. The predicted octanol–water partition coefficient (Wildman–Crippen LogP) is 6.99. The van der Waals surface area contributed by atoms with E-state index in [1.165, 1.54) is 47.3 Å². The van der Waals surface area contributed by atoms with Crippen molar-refractivity contribution in [3.05, 3.63) is 64.0 Å². The summed E-state index contributed by atoms with van der Waals surface area (Å²) in [6.45, 7) is -0.189. The summed E-state index contributed by atoms with van der Waals surface area (Å²) < 4.78 is 8.54. The maximum atomic E-state index is 13.0. The molecule has 210 valence electrons. The Labute approximate surface area is 259 Å². The minimum absolute atomic E-state index is 0.189. The summed E-state index contributed by atoms with van der Waals surface area (Å²) in [7, 11) is 0. The first-order valence-electron chi connectivity index (χ1n) is 13.1. The first-order chi connectivity index (χ1) is 20.0. The number of ether oxygens (including phenoxy) is 1. The number of thioether (sulfide) groups is 2. The Balaban J connectivity index is 1.00. The van der Waals surface area contributed by atoms with Crippen LogP contribution in [-0.4, -0.2) is 48.9 Å². The number of carbonyl (C=O) groups is 2. The standard InChI is InChI=1S/C28H25N5O3S5/c34-23(30-26-32-31-24(41-26)16-38-27-29-20-8-4-5-9-21(20)39-27)15-33-25(35)22(40-28(33)37)14-17-10-12-19(13-11-17)36-18-6-2-1-3-7-18/h4-5,8-14,18H,1-3,6-7,15-16H2,(H,30,32,34)/b22-14-. The molecule has 8 nitrogen and oxygen atoms in total. The van der Waals surface area contributed by atoms with Gasteiger partial charge in [-0.05, 0) is 61.6 Å². The van der Waals surface area contributed by atoms with Gasteiger partial charge in [0.25, 0.3) is 5.91 Å². The average Bonchev–Trinajstić information content (AvgIpc) is 3.67. The highest BCUT2D eigenvalue weighted by Gasteiger charge is 2.33. The van der Waals surface area contributed by atoms with E-state index in [4.69, 9.17) is 17.0 Å². The largest absolute Gasteiger partial charge is 0.490 e. The second-order valence-corrected chi connectivity index (χ2v) is 14.5. The van der Waals surface area contributed by atoms with E-state index in [1.54, 1.807) is 29.2 Å². The Bertz CT molecular complexity index is 1580. The number of hydrogen-bond donors (Lipinski definition) is 1. The third-order valence-electron chi connectivity index (χ3n) is 6.51. The smallest absolute Gasteiger partial charge is 0.266 e. The number of para-hydroxylation sites is 1. The van der Waals surface area contributed by atoms with Crippen molar-refractivity contribution in [2.45, 2.75) is 48.3 Å². The fourth-order valence-electron chi connectivity index (χ4n) is 4.51. The highest BCUT2D eigenvalue weighted by atomic mass is 32.2. The molecule has 13 heteroatoms. The zero-order valence-corrected chi connectivity index (χ0v) is 25.9. The third-order valence-corrected chi connectivity index (χ3v) is 11.1. The van der Waals surface area contributed by atoms with Gasteiger partial charge in [-0.15, -0.1) is 21.5 Å². The van der Waals surface area contributed by atoms with Crippen molar-refractivity contribution in [2.24, 2.45) is 0 Å². The molecule has 1 saturated heterocycles. The highest BCUT2D eigenvalue weighted by molar-refractivity contribution is 8.26. The number of nitrogens with zero attached hydrogens (tertiary/aromatic N) is 4. The lowest BCUT2D eigenvalue weighted by molar-refractivity contribution is -0.126. The van der Waals surface area contributed by atoms with Gasteiger partial charge in [-0.25, -0.2) is 4.98 Å². The second-order valence-electron chi connectivity index (χ2n) is 9.50. The van der Waals surface area contributed by atoms with Crippen LogP contribution in [0, 0.1) is 0 Å². The van der Waals surface area contributed by atoms with E-state index in [-0.39, 0.29) is 24.5 Å². The van der Waals surface area contributed by atoms with Gasteiger partial charge >= 0.3 is 0 Å². The van der Waals surface area contributed by atoms with E-state index in [0.717, 1.165) is 43.7 Å². The molecule has 3 heterocycles. The number of thiocarbonyl (C=S) groups is 1. The van der Waals surface area contributed by atoms with Crippen molar-refractivity contribution in [3.63, 3.8) is 0 Å². The quantitative estimate of drug-likeness (QED) is 0.118. The molecule has 0 atom stereocenters. The fourth-order valence-corrected chi connectivity index (χ4v) is 8.57. The number of nitrogens with one attached hydrogen (secondary N) is 1. The van der Waals surface area contributed by atoms with Gasteiger partial charge in [0.2, 0.25) is 11.0 Å². The van der Waals surface area contributed by atoms with Gasteiger partial charge in [0.15, 0.2) is 4.34 Å². The molecule has 0 bridgehead atoms. The molecule has 6 rings (SSSR count). The molecule has 1 saturated carbocycles. The Hall–Kier alpha value is -2.84. The number of benzene rings is 2. The molecule has 2 amide bonds. The Morgan fingerprint density at radius 1 is 1.10 bits per heavy atom. The summed E-state index contributed by atoms with van der Waals surface area (Å²) in [6, 6.07) is 15.7. The topological polar surface area (TPSA) is 97.3 Å². The highest BCUT2D eigenvalue weighted by Crippen LogP contribution is 2.34. The number of fused-ring (bicyclic) bond motifs is 1. The van der Waals surface area contributed by atoms with Gasteiger partial charge in [-0.3, -0.25) is 19.8 Å². The molecule has 1 aliphatic carbocycles. The lowest BCUT2D eigenvalue weighted by Gasteiger charge is -2.22. The number of amides is 2. The lowest BCUT2D eigenvalue weighted by atomic mass is 9.98. The molecule has 0 unspecified atom stereocenters. The summed E-state index contributed by atoms with van der Waals surface area (Å²) >= 11 is 11.1. The summed E-state index contributed by atoms with van der Waals surface area (Å²) in [5.41, 5.74) is 1.85. The normalized spacial score (nSPS) is 17.1. The Kier molecular flexibility index (Phi) is 8.96. The van der Waals surface area contributed by atoms with Crippen LogP contribution in [0.15, 0.2) is 57.8 Å². The minimum Gasteiger partial charge on any atom is -0.490 e. The van der Waals surface area contributed by atoms with Crippen molar-refractivity contribution >= 4 is 96.0 Å². The van der Waals surface area contributed by atoms with Gasteiger partial charge < -0.3 is 4.74 Å². The molecule has 2 aromatic carbocycles. The fraction of sp³-hybridized carbons (Fsp3) is 0.286. The van der Waals surface area contributed by atoms with Crippen molar-refractivity contribution in [2.75, 3.05) is 11.9 Å². The van der Waals surface area contributed by atoms with E-state index in [1.807, 2.05) is 42.5 Å². The molecule has 0 radical (unpaired) electrons. The number of aromatic nitrogens is 3. The van der Waals surface area contributed by atoms with Crippen molar-refractivity contribution in [1.82, 2.24) is 20.1 Å². The third kappa shape index (κ3) is 7.15. The zero-order valence-electron chi connectivity index (χ0n) is 21.8. The van der Waals surface area contributed by atoms with Crippen molar-refractivity contribution in [3.8, 4) is 5.75 Å². The van der Waals surface area contributed by atoms with Crippen LogP contribution in [0.4, 0.5) is 5.13 Å². The van der Waals surface area contributed by atoms with E-state index >= 15 is 0 Å². The molecule has 1 aliphatic heterocycles. The van der Waals surface area contributed by atoms with Gasteiger partial charge in [0.05, 0.1) is 27.0 Å². The van der Waals surface area contributed by atoms with Crippen LogP contribution in [0.5, 0.6) is 5.75 Å². The average molecular weight is 640 g/mol. The minimum atomic E-state index is -0.381. The molecule has 0 spiro atoms. The van der Waals surface area contributed by atoms with Gasteiger partial charge in [0.1, 0.15) is 21.6 Å². The maximum absolute atomic E-state index is 13.0. The Morgan fingerprint density at radius 3 is 2.71 bits per heavy atom. The monoisotopic (exact) mass is 639 g/mol. The van der Waals surface area contributed by atoms with Crippen molar-refractivity contribution in [1.29, 1.82) is 0 Å². The van der Waals surface area contributed by atoms with Crippen LogP contribution in [0.25, 0.3) is 16.3 Å². The SMILES string of the molecule is O=C(CN1C(=O)/C(=C/c2ccc(OC3CCCCC3)cc2)SC1=S)Nc1nnc(CSc2nc3ccccc3s2)s1. The summed E-state index contributed by atoms with van der Waals surface area (Å²) in [5, 5.41) is 12.2. The molecular formula is C28H25N5O3S5. The van der Waals surface area contributed by atoms with Crippen LogP contribution in [0.1, 0.15) is 42.7 Å². The lowest BCUT2D eigenvalue weighted by Crippen LogP contribution is -2.36. The van der Waals surface area contributed by atoms with E-state index < -0.39 is 0 Å². The van der Waals surface area contributed by atoms with Crippen LogP contribution >= 0.6 is 58.4 Å². The van der Waals surface area contributed by atoms with Crippen LogP contribution in [0.2, 0.25) is 0 Å². The number of anilines is 1. The molecule has 2 aromatic heterocycles. The van der Waals surface area contributed by atoms with E-state index in [9.17, 15) is 9.59 Å². The predicted molar refractivity (Wildman–Crippen MR) is 172 cm³/mol. The Morgan fingerprint density at radius 2 is 1.90 bits per heavy atom. The van der Waals surface area contributed by atoms with Crippen LogP contribution in [-0.2, 0) is 15.3 Å². The summed E-state index contributed by atoms with van der Waals surface area (Å²) in [6.07, 6.45) is 8.00. The number of hydrogen-bond acceptors (Lipinski definition) is 11. The summed E-state index contributed by atoms with van der Waals surface area (Å²) in [5.74, 6) is 0.769. The van der Waals surface area contributed by atoms with Crippen LogP contribution < -0.4 is 10.1 Å². The van der Waals surface area contributed by atoms with E-state index in [0.29, 0.717) is 20.1 Å².